The lowest BCUT2D eigenvalue weighted by Gasteiger charge is -2.39. The van der Waals surface area contributed by atoms with Gasteiger partial charge in [0.05, 0.1) is 6.61 Å². The minimum atomic E-state index is -0.379. The maximum atomic E-state index is 12.9. The maximum absolute atomic E-state index is 12.9. The van der Waals surface area contributed by atoms with Crippen LogP contribution < -0.4 is 16.2 Å². The smallest absolute Gasteiger partial charge is 0.253 e. The highest BCUT2D eigenvalue weighted by molar-refractivity contribution is 5.81. The fourth-order valence-electron chi connectivity index (χ4n) is 2.54. The Morgan fingerprint density at radius 3 is 2.48 bits per heavy atom. The van der Waals surface area contributed by atoms with Crippen molar-refractivity contribution in [2.75, 3.05) is 44.8 Å². The topological polar surface area (TPSA) is 70.8 Å². The molecule has 3 N–H and O–H groups in total. The molecule has 1 saturated heterocycles. The van der Waals surface area contributed by atoms with E-state index in [0.29, 0.717) is 6.61 Å². The number of nitrogens with one attached hydrogen (secondary N) is 1. The van der Waals surface area contributed by atoms with Crippen molar-refractivity contribution in [1.29, 1.82) is 0 Å². The molecule has 1 aromatic carbocycles. The number of carbonyl (C=O) groups excluding carboxylic acids is 1. The predicted octanol–water partition coefficient (Wildman–Crippen LogP) is -0.0474. The molecule has 1 aliphatic heterocycles. The second-order valence-corrected chi connectivity index (χ2v) is 4.98. The molecule has 0 radical (unpaired) electrons. The van der Waals surface area contributed by atoms with Crippen LogP contribution >= 0.6 is 0 Å². The number of anilines is 1. The summed E-state index contributed by atoms with van der Waals surface area (Å²) in [5, 5.41) is 0. The monoisotopic (exact) mass is 296 g/mol. The normalized spacial score (nSPS) is 17.6. The molecule has 2 rings (SSSR count). The van der Waals surface area contributed by atoms with Crippen LogP contribution in [0.25, 0.3) is 0 Å². The molecule has 1 atom stereocenters. The summed E-state index contributed by atoms with van der Waals surface area (Å²) in [5.41, 5.74) is 3.17. The van der Waals surface area contributed by atoms with Gasteiger partial charge in [0.2, 0.25) is 0 Å². The first kappa shape index (κ1) is 15.7. The van der Waals surface area contributed by atoms with Gasteiger partial charge >= 0.3 is 0 Å². The summed E-state index contributed by atoms with van der Waals surface area (Å²) in [5.74, 6) is 4.73. The molecule has 1 fully saturated rings. The number of nitrogens with two attached hydrogens (primary N) is 1. The Hall–Kier alpha value is -1.70. The van der Waals surface area contributed by atoms with E-state index in [0.717, 1.165) is 31.9 Å². The first-order chi connectivity index (χ1) is 10.2. The number of carbonyl (C=O) groups is 1. The Morgan fingerprint density at radius 1 is 1.33 bits per heavy atom. The van der Waals surface area contributed by atoms with E-state index in [1.54, 1.807) is 19.2 Å². The number of halogens is 1. The van der Waals surface area contributed by atoms with Gasteiger partial charge in [-0.3, -0.25) is 15.1 Å². The minimum absolute atomic E-state index is 0.239. The maximum Gasteiger partial charge on any atom is 0.253 e. The van der Waals surface area contributed by atoms with Crippen LogP contribution in [0.3, 0.4) is 0 Å². The second-order valence-electron chi connectivity index (χ2n) is 4.98. The largest absolute Gasteiger partial charge is 0.383 e. The molecule has 116 valence electrons. The lowest BCUT2D eigenvalue weighted by Crippen LogP contribution is -2.57. The number of piperazine rings is 1. The van der Waals surface area contributed by atoms with Crippen molar-refractivity contribution in [3.05, 3.63) is 30.1 Å². The number of hydrogen-bond acceptors (Lipinski definition) is 5. The quantitative estimate of drug-likeness (QED) is 0.453. The fourth-order valence-corrected chi connectivity index (χ4v) is 2.54. The van der Waals surface area contributed by atoms with E-state index in [4.69, 9.17) is 10.6 Å². The van der Waals surface area contributed by atoms with E-state index >= 15 is 0 Å². The summed E-state index contributed by atoms with van der Waals surface area (Å²) >= 11 is 0. The van der Waals surface area contributed by atoms with Gasteiger partial charge in [-0.05, 0) is 24.3 Å². The number of hydrogen-bond donors (Lipinski definition) is 2. The molecule has 0 bridgehead atoms. The van der Waals surface area contributed by atoms with Gasteiger partial charge in [0.25, 0.3) is 5.91 Å². The number of amides is 1. The number of benzene rings is 1. The highest BCUT2D eigenvalue weighted by Gasteiger charge is 2.28. The standard InChI is InChI=1S/C14H21FN4O2/c1-21-10-13(14(20)17-16)19-8-6-18(7-9-19)12-4-2-11(15)3-5-12/h2-5,13H,6-10,16H2,1H3,(H,17,20). The van der Waals surface area contributed by atoms with Gasteiger partial charge in [-0.15, -0.1) is 0 Å². The van der Waals surface area contributed by atoms with Crippen molar-refractivity contribution in [2.24, 2.45) is 5.84 Å². The average molecular weight is 296 g/mol. The second kappa shape index (κ2) is 7.35. The van der Waals surface area contributed by atoms with Gasteiger partial charge < -0.3 is 9.64 Å². The van der Waals surface area contributed by atoms with Gasteiger partial charge in [-0.25, -0.2) is 10.2 Å². The number of rotatable bonds is 5. The summed E-state index contributed by atoms with van der Waals surface area (Å²) < 4.78 is 18.0. The van der Waals surface area contributed by atoms with E-state index in [2.05, 4.69) is 10.3 Å². The van der Waals surface area contributed by atoms with Crippen LogP contribution in [-0.4, -0.2) is 56.7 Å². The number of nitrogens with zero attached hydrogens (tertiary/aromatic N) is 2. The van der Waals surface area contributed by atoms with Crippen LogP contribution in [0.2, 0.25) is 0 Å². The van der Waals surface area contributed by atoms with E-state index in [1.807, 2.05) is 4.90 Å². The zero-order valence-electron chi connectivity index (χ0n) is 12.1. The molecular weight excluding hydrogens is 275 g/mol. The summed E-state index contributed by atoms with van der Waals surface area (Å²) in [4.78, 5) is 16.0. The number of methoxy groups -OCH3 is 1. The van der Waals surface area contributed by atoms with Gasteiger partial charge in [-0.1, -0.05) is 0 Å². The molecule has 6 nitrogen and oxygen atoms in total. The van der Waals surface area contributed by atoms with E-state index in [-0.39, 0.29) is 17.8 Å². The highest BCUT2D eigenvalue weighted by atomic mass is 19.1. The van der Waals surface area contributed by atoms with Crippen LogP contribution in [0.5, 0.6) is 0 Å². The summed E-state index contributed by atoms with van der Waals surface area (Å²) in [6.45, 7) is 3.28. The van der Waals surface area contributed by atoms with Crippen molar-refractivity contribution in [1.82, 2.24) is 10.3 Å². The van der Waals surface area contributed by atoms with Crippen molar-refractivity contribution in [3.8, 4) is 0 Å². The Balaban J connectivity index is 1.95. The van der Waals surface area contributed by atoms with Crippen LogP contribution in [0.15, 0.2) is 24.3 Å². The Labute approximate surface area is 123 Å². The van der Waals surface area contributed by atoms with E-state index < -0.39 is 0 Å². The highest BCUT2D eigenvalue weighted by Crippen LogP contribution is 2.17. The molecule has 1 aromatic rings. The Bertz CT molecular complexity index is 461. The lowest BCUT2D eigenvalue weighted by molar-refractivity contribution is -0.128. The van der Waals surface area contributed by atoms with Gasteiger partial charge in [-0.2, -0.15) is 0 Å². The minimum Gasteiger partial charge on any atom is -0.383 e. The molecule has 1 heterocycles. The predicted molar refractivity (Wildman–Crippen MR) is 78.2 cm³/mol. The molecule has 1 unspecified atom stereocenters. The number of hydrazine groups is 1. The van der Waals surface area contributed by atoms with Crippen LogP contribution in [0, 0.1) is 5.82 Å². The zero-order valence-corrected chi connectivity index (χ0v) is 12.1. The first-order valence-corrected chi connectivity index (χ1v) is 6.89. The molecule has 0 aliphatic carbocycles. The zero-order chi connectivity index (χ0) is 15.2. The van der Waals surface area contributed by atoms with Crippen LogP contribution in [-0.2, 0) is 9.53 Å². The van der Waals surface area contributed by atoms with Gasteiger partial charge in [0.1, 0.15) is 11.9 Å². The lowest BCUT2D eigenvalue weighted by atomic mass is 10.2. The van der Waals surface area contributed by atoms with Crippen molar-refractivity contribution in [2.45, 2.75) is 6.04 Å². The van der Waals surface area contributed by atoms with E-state index in [9.17, 15) is 9.18 Å². The first-order valence-electron chi connectivity index (χ1n) is 6.89. The Morgan fingerprint density at radius 2 is 1.95 bits per heavy atom. The molecule has 0 saturated carbocycles. The van der Waals surface area contributed by atoms with Crippen molar-refractivity contribution < 1.29 is 13.9 Å². The van der Waals surface area contributed by atoms with Crippen molar-refractivity contribution >= 4 is 11.6 Å². The molecule has 21 heavy (non-hydrogen) atoms. The number of ether oxygens (including phenoxy) is 1. The average Bonchev–Trinajstić information content (AvgIpc) is 2.53. The van der Waals surface area contributed by atoms with Gasteiger partial charge in [0.15, 0.2) is 0 Å². The summed E-state index contributed by atoms with van der Waals surface area (Å²) in [6.07, 6.45) is 0. The third-order valence-electron chi connectivity index (χ3n) is 3.72. The van der Waals surface area contributed by atoms with Crippen LogP contribution in [0.1, 0.15) is 0 Å². The molecule has 0 spiro atoms. The fraction of sp³-hybridized carbons (Fsp3) is 0.500. The molecular formula is C14H21FN4O2. The van der Waals surface area contributed by atoms with Crippen LogP contribution in [0.4, 0.5) is 10.1 Å². The third-order valence-corrected chi connectivity index (χ3v) is 3.72. The molecule has 1 amide bonds. The third kappa shape index (κ3) is 3.90. The van der Waals surface area contributed by atoms with E-state index in [1.165, 1.54) is 12.1 Å². The molecule has 1 aliphatic rings. The summed E-state index contributed by atoms with van der Waals surface area (Å²) in [7, 11) is 1.56. The van der Waals surface area contributed by atoms with Gasteiger partial charge in [0, 0.05) is 39.0 Å². The molecule has 7 heteroatoms. The summed E-state index contributed by atoms with van der Waals surface area (Å²) in [6, 6.07) is 6.07. The molecule has 0 aromatic heterocycles. The SMILES string of the molecule is COCC(C(=O)NN)N1CCN(c2ccc(F)cc2)CC1. The van der Waals surface area contributed by atoms with Crippen molar-refractivity contribution in [3.63, 3.8) is 0 Å². The Kier molecular flexibility index (Phi) is 5.49.